The number of para-hydroxylation sites is 1. The molecule has 3 N–H and O–H groups in total. The van der Waals surface area contributed by atoms with Crippen molar-refractivity contribution in [3.8, 4) is 0 Å². The van der Waals surface area contributed by atoms with Crippen molar-refractivity contribution < 1.29 is 18.0 Å². The van der Waals surface area contributed by atoms with Crippen LogP contribution < -0.4 is 10.6 Å². The van der Waals surface area contributed by atoms with Gasteiger partial charge in [-0.1, -0.05) is 24.6 Å². The Morgan fingerprint density at radius 3 is 2.67 bits per heavy atom. The number of halogens is 3. The topological polar surface area (TPSA) is 65.0 Å². The summed E-state index contributed by atoms with van der Waals surface area (Å²) in [7, 11) is 0. The minimum absolute atomic E-state index is 0.00866. The summed E-state index contributed by atoms with van der Waals surface area (Å²) < 4.78 is 39.0. The van der Waals surface area contributed by atoms with Crippen LogP contribution in [-0.2, 0) is 4.79 Å². The summed E-state index contributed by atoms with van der Waals surface area (Å²) >= 11 is 0. The second kappa shape index (κ2) is 8.17. The highest BCUT2D eigenvalue weighted by molar-refractivity contribution is 5.89. The van der Waals surface area contributed by atoms with Crippen molar-refractivity contribution in [2.24, 2.45) is 5.92 Å². The maximum Gasteiger partial charge on any atom is 0.429 e. The lowest BCUT2D eigenvalue weighted by molar-refractivity contribution is -0.121. The number of carbonyl (C=O) groups excluding carboxylic acids is 1. The van der Waals surface area contributed by atoms with Crippen LogP contribution in [0.5, 0.6) is 0 Å². The average molecular weight is 341 g/mol. The molecule has 2 rings (SSSR count). The molecule has 1 aromatic rings. The van der Waals surface area contributed by atoms with Crippen LogP contribution in [-0.4, -0.2) is 30.4 Å². The van der Waals surface area contributed by atoms with Crippen molar-refractivity contribution in [2.75, 3.05) is 11.9 Å². The molecule has 0 spiro atoms. The van der Waals surface area contributed by atoms with Gasteiger partial charge in [-0.3, -0.25) is 4.79 Å². The van der Waals surface area contributed by atoms with Crippen molar-refractivity contribution >= 4 is 17.3 Å². The SMILES string of the molecule is N=C(C(CNc1ccccc1)CC1CCCCC(=O)N1)C(F)(F)F. The average Bonchev–Trinajstić information content (AvgIpc) is 2.74. The standard InChI is InChI=1S/C17H22F3N3O/c18-17(19,20)16(21)12(11-22-13-6-2-1-3-7-13)10-14-8-4-5-9-15(24)23-14/h1-3,6-7,12,14,21-22H,4-5,8-11H2,(H,23,24). The van der Waals surface area contributed by atoms with E-state index in [-0.39, 0.29) is 24.9 Å². The summed E-state index contributed by atoms with van der Waals surface area (Å²) in [5.41, 5.74) is -0.535. The van der Waals surface area contributed by atoms with Gasteiger partial charge in [0.25, 0.3) is 0 Å². The summed E-state index contributed by atoms with van der Waals surface area (Å²) in [6, 6.07) is 8.62. The van der Waals surface area contributed by atoms with Gasteiger partial charge >= 0.3 is 6.18 Å². The largest absolute Gasteiger partial charge is 0.429 e. The van der Waals surface area contributed by atoms with Gasteiger partial charge in [0.15, 0.2) is 0 Å². The van der Waals surface area contributed by atoms with Gasteiger partial charge in [-0.2, -0.15) is 13.2 Å². The molecule has 0 saturated carbocycles. The number of nitrogens with one attached hydrogen (secondary N) is 3. The molecule has 132 valence electrons. The third-order valence-electron chi connectivity index (χ3n) is 4.18. The first-order valence-electron chi connectivity index (χ1n) is 8.10. The molecule has 0 bridgehead atoms. The van der Waals surface area contributed by atoms with Crippen molar-refractivity contribution in [1.29, 1.82) is 5.41 Å². The summed E-state index contributed by atoms with van der Waals surface area (Å²) in [6.07, 6.45) is -1.91. The van der Waals surface area contributed by atoms with Gasteiger partial charge in [0.1, 0.15) is 5.71 Å². The predicted molar refractivity (Wildman–Crippen MR) is 87.2 cm³/mol. The first-order chi connectivity index (χ1) is 11.4. The monoisotopic (exact) mass is 341 g/mol. The van der Waals surface area contributed by atoms with Crippen LogP contribution in [0.1, 0.15) is 32.1 Å². The van der Waals surface area contributed by atoms with Crippen LogP contribution in [0.15, 0.2) is 30.3 Å². The number of amides is 1. The Labute approximate surface area is 139 Å². The van der Waals surface area contributed by atoms with Crippen LogP contribution in [0.4, 0.5) is 18.9 Å². The highest BCUT2D eigenvalue weighted by Gasteiger charge is 2.40. The number of hydrogen-bond donors (Lipinski definition) is 3. The van der Waals surface area contributed by atoms with E-state index < -0.39 is 17.8 Å². The molecule has 7 heteroatoms. The van der Waals surface area contributed by atoms with E-state index >= 15 is 0 Å². The number of carbonyl (C=O) groups is 1. The fraction of sp³-hybridized carbons (Fsp3) is 0.529. The molecule has 2 atom stereocenters. The van der Waals surface area contributed by atoms with Gasteiger partial charge in [-0.15, -0.1) is 0 Å². The van der Waals surface area contributed by atoms with E-state index in [1.165, 1.54) is 0 Å². The zero-order chi connectivity index (χ0) is 17.6. The highest BCUT2D eigenvalue weighted by Crippen LogP contribution is 2.26. The molecular formula is C17H22F3N3O. The maximum absolute atomic E-state index is 13.0. The van der Waals surface area contributed by atoms with E-state index in [1.54, 1.807) is 24.3 Å². The summed E-state index contributed by atoms with van der Waals surface area (Å²) in [4.78, 5) is 11.6. The number of benzene rings is 1. The normalized spacial score (nSPS) is 20.0. The van der Waals surface area contributed by atoms with Crippen LogP contribution >= 0.6 is 0 Å². The van der Waals surface area contributed by atoms with Crippen LogP contribution in [0.3, 0.4) is 0 Å². The summed E-state index contributed by atoms with van der Waals surface area (Å²) in [5, 5.41) is 13.3. The van der Waals surface area contributed by atoms with Crippen molar-refractivity contribution in [3.63, 3.8) is 0 Å². The van der Waals surface area contributed by atoms with E-state index in [4.69, 9.17) is 5.41 Å². The number of hydrogen-bond acceptors (Lipinski definition) is 3. The molecule has 1 aromatic carbocycles. The molecule has 1 aliphatic heterocycles. The Balaban J connectivity index is 2.04. The first-order valence-corrected chi connectivity index (χ1v) is 8.10. The minimum atomic E-state index is -4.65. The Kier molecular flexibility index (Phi) is 6.23. The Morgan fingerprint density at radius 1 is 1.29 bits per heavy atom. The fourth-order valence-corrected chi connectivity index (χ4v) is 2.90. The highest BCUT2D eigenvalue weighted by atomic mass is 19.4. The Morgan fingerprint density at radius 2 is 2.00 bits per heavy atom. The third kappa shape index (κ3) is 5.54. The number of rotatable bonds is 6. The minimum Gasteiger partial charge on any atom is -0.384 e. The van der Waals surface area contributed by atoms with E-state index in [2.05, 4.69) is 10.6 Å². The maximum atomic E-state index is 13.0. The zero-order valence-electron chi connectivity index (χ0n) is 13.3. The van der Waals surface area contributed by atoms with Crippen molar-refractivity contribution in [1.82, 2.24) is 5.32 Å². The van der Waals surface area contributed by atoms with Gasteiger partial charge < -0.3 is 16.0 Å². The van der Waals surface area contributed by atoms with E-state index in [1.807, 2.05) is 6.07 Å². The van der Waals surface area contributed by atoms with E-state index in [9.17, 15) is 18.0 Å². The Bertz CT molecular complexity index is 560. The van der Waals surface area contributed by atoms with Gasteiger partial charge in [-0.25, -0.2) is 0 Å². The van der Waals surface area contributed by atoms with Crippen LogP contribution in [0.25, 0.3) is 0 Å². The van der Waals surface area contributed by atoms with E-state index in [0.29, 0.717) is 18.5 Å². The Hall–Kier alpha value is -2.05. The quantitative estimate of drug-likeness (QED) is 0.690. The number of alkyl halides is 3. The molecule has 1 aliphatic rings. The lowest BCUT2D eigenvalue weighted by Crippen LogP contribution is -2.41. The molecule has 1 saturated heterocycles. The molecule has 1 heterocycles. The first kappa shape index (κ1) is 18.3. The molecule has 0 aliphatic carbocycles. The molecule has 0 radical (unpaired) electrons. The molecule has 4 nitrogen and oxygen atoms in total. The van der Waals surface area contributed by atoms with Crippen molar-refractivity contribution in [2.45, 2.75) is 44.3 Å². The smallest absolute Gasteiger partial charge is 0.384 e. The zero-order valence-corrected chi connectivity index (χ0v) is 13.3. The second-order valence-electron chi connectivity index (χ2n) is 6.10. The molecule has 0 aromatic heterocycles. The van der Waals surface area contributed by atoms with Gasteiger partial charge in [0, 0.05) is 30.6 Å². The van der Waals surface area contributed by atoms with Crippen LogP contribution in [0.2, 0.25) is 0 Å². The van der Waals surface area contributed by atoms with Crippen molar-refractivity contribution in [3.05, 3.63) is 30.3 Å². The molecule has 1 fully saturated rings. The molecular weight excluding hydrogens is 319 g/mol. The van der Waals surface area contributed by atoms with Crippen LogP contribution in [0, 0.1) is 11.3 Å². The predicted octanol–water partition coefficient (Wildman–Crippen LogP) is 3.75. The summed E-state index contributed by atoms with van der Waals surface area (Å²) in [5.74, 6) is -1.13. The summed E-state index contributed by atoms with van der Waals surface area (Å²) in [6.45, 7) is 0.00866. The third-order valence-corrected chi connectivity index (χ3v) is 4.18. The lowest BCUT2D eigenvalue weighted by Gasteiger charge is -2.25. The van der Waals surface area contributed by atoms with E-state index in [0.717, 1.165) is 12.8 Å². The second-order valence-corrected chi connectivity index (χ2v) is 6.10. The molecule has 2 unspecified atom stereocenters. The van der Waals surface area contributed by atoms with Gasteiger partial charge in [-0.05, 0) is 31.4 Å². The lowest BCUT2D eigenvalue weighted by atomic mass is 9.92. The van der Waals surface area contributed by atoms with Gasteiger partial charge in [0.05, 0.1) is 0 Å². The molecule has 1 amide bonds. The molecule has 24 heavy (non-hydrogen) atoms. The number of anilines is 1. The van der Waals surface area contributed by atoms with Gasteiger partial charge in [0.2, 0.25) is 5.91 Å². The fourth-order valence-electron chi connectivity index (χ4n) is 2.90.